The molecule has 2 rings (SSSR count). The fraction of sp³-hybridized carbons (Fsp3) is 0.476. The van der Waals surface area contributed by atoms with Crippen LogP contribution in [0.3, 0.4) is 0 Å². The first-order chi connectivity index (χ1) is 13.1. The van der Waals surface area contributed by atoms with Crippen LogP contribution in [0.5, 0.6) is 0 Å². The van der Waals surface area contributed by atoms with Gasteiger partial charge >= 0.3 is 0 Å². The summed E-state index contributed by atoms with van der Waals surface area (Å²) in [5.74, 6) is 1.16. The fourth-order valence-electron chi connectivity index (χ4n) is 2.87. The Balaban J connectivity index is 2.17. The molecule has 7 heteroatoms. The number of hydrogen-bond acceptors (Lipinski definition) is 5. The maximum atomic E-state index is 11.6. The van der Waals surface area contributed by atoms with Crippen LogP contribution in [0.15, 0.2) is 40.3 Å². The van der Waals surface area contributed by atoms with Crippen LogP contribution in [0.2, 0.25) is 0 Å². The molecular formula is C21H31N3O3S. The molecule has 28 heavy (non-hydrogen) atoms. The van der Waals surface area contributed by atoms with Gasteiger partial charge in [-0.15, -0.1) is 0 Å². The van der Waals surface area contributed by atoms with E-state index in [4.69, 9.17) is 4.42 Å². The molecule has 0 amide bonds. The van der Waals surface area contributed by atoms with Crippen LogP contribution in [0.25, 0.3) is 11.5 Å². The molecule has 0 fully saturated rings. The molecular weight excluding hydrogens is 374 g/mol. The summed E-state index contributed by atoms with van der Waals surface area (Å²) in [5.41, 5.74) is 3.29. The maximum absolute atomic E-state index is 11.6. The van der Waals surface area contributed by atoms with Crippen LogP contribution in [0, 0.1) is 6.92 Å². The van der Waals surface area contributed by atoms with Gasteiger partial charge in [0, 0.05) is 12.6 Å². The van der Waals surface area contributed by atoms with Crippen molar-refractivity contribution in [2.75, 3.05) is 18.0 Å². The van der Waals surface area contributed by atoms with Crippen molar-refractivity contribution in [3.63, 3.8) is 0 Å². The van der Waals surface area contributed by atoms with Crippen molar-refractivity contribution in [1.29, 1.82) is 0 Å². The third kappa shape index (κ3) is 6.49. The predicted molar refractivity (Wildman–Crippen MR) is 115 cm³/mol. The number of para-hydroxylation sites is 1. The van der Waals surface area contributed by atoms with E-state index in [1.54, 1.807) is 18.2 Å². The second-order valence-corrected chi connectivity index (χ2v) is 9.31. The summed E-state index contributed by atoms with van der Waals surface area (Å²) in [6.45, 7) is 9.00. The number of rotatable bonds is 9. The van der Waals surface area contributed by atoms with Crippen molar-refractivity contribution < 1.29 is 12.8 Å². The zero-order valence-corrected chi connectivity index (χ0v) is 18.4. The molecule has 1 aromatic carbocycles. The quantitative estimate of drug-likeness (QED) is 0.618. The predicted octanol–water partition coefficient (Wildman–Crippen LogP) is 4.59. The molecule has 0 saturated heterocycles. The molecule has 0 aliphatic carbocycles. The highest BCUT2D eigenvalue weighted by Gasteiger charge is 2.18. The zero-order valence-electron chi connectivity index (χ0n) is 17.6. The summed E-state index contributed by atoms with van der Waals surface area (Å²) in [4.78, 5) is 6.90. The maximum Gasteiger partial charge on any atom is 0.229 e. The SMILES string of the molecule is CC(C)=CCCC(C)N(C)Cc1nc(-c2ccccc2NS(C)(=O)=O)oc1C. The molecule has 1 heterocycles. The van der Waals surface area contributed by atoms with Crippen molar-refractivity contribution in [3.05, 3.63) is 47.4 Å². The molecule has 0 bridgehead atoms. The Morgan fingerprint density at radius 2 is 2.00 bits per heavy atom. The van der Waals surface area contributed by atoms with Crippen LogP contribution >= 0.6 is 0 Å². The molecule has 0 spiro atoms. The summed E-state index contributed by atoms with van der Waals surface area (Å²) >= 11 is 0. The van der Waals surface area contributed by atoms with E-state index >= 15 is 0 Å². The topological polar surface area (TPSA) is 75.4 Å². The lowest BCUT2D eigenvalue weighted by Gasteiger charge is -2.23. The van der Waals surface area contributed by atoms with Crippen LogP contribution in [0.4, 0.5) is 5.69 Å². The lowest BCUT2D eigenvalue weighted by molar-refractivity contribution is 0.235. The molecule has 154 valence electrons. The van der Waals surface area contributed by atoms with E-state index in [0.29, 0.717) is 29.7 Å². The Labute approximate surface area is 168 Å². The van der Waals surface area contributed by atoms with E-state index in [1.165, 1.54) is 5.57 Å². The second-order valence-electron chi connectivity index (χ2n) is 7.56. The van der Waals surface area contributed by atoms with Crippen molar-refractivity contribution in [2.24, 2.45) is 0 Å². The Hall–Kier alpha value is -2.12. The minimum Gasteiger partial charge on any atom is -0.441 e. The summed E-state index contributed by atoms with van der Waals surface area (Å²) in [6.07, 6.45) is 5.52. The molecule has 0 radical (unpaired) electrons. The lowest BCUT2D eigenvalue weighted by atomic mass is 10.1. The second kappa shape index (κ2) is 9.39. The average Bonchev–Trinajstić information content (AvgIpc) is 2.94. The van der Waals surface area contributed by atoms with Crippen molar-refractivity contribution in [3.8, 4) is 11.5 Å². The number of nitrogens with zero attached hydrogens (tertiary/aromatic N) is 2. The number of sulfonamides is 1. The molecule has 0 aliphatic heterocycles. The van der Waals surface area contributed by atoms with Gasteiger partial charge in [0.25, 0.3) is 0 Å². The molecule has 1 aromatic heterocycles. The Morgan fingerprint density at radius 3 is 2.64 bits per heavy atom. The van der Waals surface area contributed by atoms with Gasteiger partial charge < -0.3 is 4.42 Å². The highest BCUT2D eigenvalue weighted by atomic mass is 32.2. The number of oxazole rings is 1. The number of benzene rings is 1. The van der Waals surface area contributed by atoms with Gasteiger partial charge in [-0.05, 0) is 59.7 Å². The van der Waals surface area contributed by atoms with E-state index in [-0.39, 0.29) is 0 Å². The van der Waals surface area contributed by atoms with Gasteiger partial charge in [0.1, 0.15) is 5.76 Å². The fourth-order valence-corrected chi connectivity index (χ4v) is 3.45. The van der Waals surface area contributed by atoms with Crippen molar-refractivity contribution in [2.45, 2.75) is 53.1 Å². The van der Waals surface area contributed by atoms with E-state index in [0.717, 1.165) is 30.6 Å². The Morgan fingerprint density at radius 1 is 1.32 bits per heavy atom. The zero-order chi connectivity index (χ0) is 20.9. The van der Waals surface area contributed by atoms with E-state index in [2.05, 4.69) is 48.5 Å². The van der Waals surface area contributed by atoms with Crippen molar-refractivity contribution in [1.82, 2.24) is 9.88 Å². The average molecular weight is 406 g/mol. The number of allylic oxidation sites excluding steroid dienone is 2. The Kier molecular flexibility index (Phi) is 7.43. The summed E-state index contributed by atoms with van der Waals surface area (Å²) in [6, 6.07) is 7.52. The third-order valence-corrected chi connectivity index (χ3v) is 5.22. The van der Waals surface area contributed by atoms with Crippen LogP contribution in [-0.4, -0.2) is 37.6 Å². The van der Waals surface area contributed by atoms with Crippen LogP contribution in [-0.2, 0) is 16.6 Å². The van der Waals surface area contributed by atoms with E-state index in [1.807, 2.05) is 13.0 Å². The number of aromatic nitrogens is 1. The lowest BCUT2D eigenvalue weighted by Crippen LogP contribution is -2.28. The van der Waals surface area contributed by atoms with E-state index < -0.39 is 10.0 Å². The van der Waals surface area contributed by atoms with Gasteiger partial charge in [0.05, 0.1) is 23.2 Å². The van der Waals surface area contributed by atoms with Gasteiger partial charge in [-0.3, -0.25) is 9.62 Å². The number of hydrogen-bond donors (Lipinski definition) is 1. The monoisotopic (exact) mass is 405 g/mol. The molecule has 1 unspecified atom stereocenters. The number of nitrogens with one attached hydrogen (secondary N) is 1. The normalized spacial score (nSPS) is 12.8. The highest BCUT2D eigenvalue weighted by Crippen LogP contribution is 2.29. The van der Waals surface area contributed by atoms with Gasteiger partial charge in [0.2, 0.25) is 15.9 Å². The van der Waals surface area contributed by atoms with Crippen LogP contribution in [0.1, 0.15) is 45.1 Å². The number of aryl methyl sites for hydroxylation is 1. The Bertz CT molecular complexity index is 928. The summed E-state index contributed by atoms with van der Waals surface area (Å²) in [7, 11) is -1.31. The first-order valence-electron chi connectivity index (χ1n) is 9.44. The van der Waals surface area contributed by atoms with E-state index in [9.17, 15) is 8.42 Å². The molecule has 0 aliphatic rings. The smallest absolute Gasteiger partial charge is 0.229 e. The van der Waals surface area contributed by atoms with Gasteiger partial charge in [-0.25, -0.2) is 13.4 Å². The summed E-state index contributed by atoms with van der Waals surface area (Å²) in [5, 5.41) is 0. The molecule has 6 nitrogen and oxygen atoms in total. The molecule has 2 aromatic rings. The number of anilines is 1. The summed E-state index contributed by atoms with van der Waals surface area (Å²) < 4.78 is 31.7. The molecule has 0 saturated carbocycles. The minimum atomic E-state index is -3.39. The highest BCUT2D eigenvalue weighted by molar-refractivity contribution is 7.92. The third-order valence-electron chi connectivity index (χ3n) is 4.63. The van der Waals surface area contributed by atoms with Crippen LogP contribution < -0.4 is 4.72 Å². The first kappa shape index (κ1) is 22.2. The van der Waals surface area contributed by atoms with Gasteiger partial charge in [-0.2, -0.15) is 0 Å². The standard InChI is InChI=1S/C21H31N3O3S/c1-15(2)10-9-11-16(3)24(5)14-20-17(4)27-21(22-20)18-12-7-8-13-19(18)23-28(6,25)26/h7-8,10,12-13,16,23H,9,11,14H2,1-6H3. The largest absolute Gasteiger partial charge is 0.441 e. The molecule has 1 atom stereocenters. The molecule has 1 N–H and O–H groups in total. The van der Waals surface area contributed by atoms with Crippen molar-refractivity contribution >= 4 is 15.7 Å². The van der Waals surface area contributed by atoms with Gasteiger partial charge in [0.15, 0.2) is 0 Å². The first-order valence-corrected chi connectivity index (χ1v) is 11.3. The van der Waals surface area contributed by atoms with Gasteiger partial charge in [-0.1, -0.05) is 23.8 Å². The minimum absolute atomic E-state index is 0.411.